The molecule has 0 bridgehead atoms. The van der Waals surface area contributed by atoms with Crippen LogP contribution in [0, 0.1) is 5.92 Å². The van der Waals surface area contributed by atoms with Gasteiger partial charge < -0.3 is 15.2 Å². The van der Waals surface area contributed by atoms with Gasteiger partial charge in [-0.3, -0.25) is 0 Å². The molecule has 0 saturated carbocycles. The Hall–Kier alpha value is -1.55. The Kier molecular flexibility index (Phi) is 4.20. The molecule has 1 aliphatic carbocycles. The van der Waals surface area contributed by atoms with Crippen LogP contribution in [0.2, 0.25) is 0 Å². The SMILES string of the molecule is COC(=O)COc1cccc2c1CCC(CN)C2. The number of hydrogen-bond donors (Lipinski definition) is 1. The lowest BCUT2D eigenvalue weighted by atomic mass is 9.83. The molecule has 1 unspecified atom stereocenters. The van der Waals surface area contributed by atoms with E-state index in [0.29, 0.717) is 5.92 Å². The van der Waals surface area contributed by atoms with E-state index in [1.54, 1.807) is 0 Å². The molecule has 0 aliphatic heterocycles. The van der Waals surface area contributed by atoms with Crippen molar-refractivity contribution in [2.45, 2.75) is 19.3 Å². The highest BCUT2D eigenvalue weighted by molar-refractivity contribution is 5.71. The number of esters is 1. The molecule has 2 N–H and O–H groups in total. The van der Waals surface area contributed by atoms with Crippen LogP contribution in [-0.2, 0) is 22.4 Å². The molecule has 1 aromatic carbocycles. The number of carbonyl (C=O) groups excluding carboxylic acids is 1. The summed E-state index contributed by atoms with van der Waals surface area (Å²) >= 11 is 0. The predicted octanol–water partition coefficient (Wildman–Crippen LogP) is 1.30. The highest BCUT2D eigenvalue weighted by Crippen LogP contribution is 2.31. The van der Waals surface area contributed by atoms with Crippen molar-refractivity contribution in [3.63, 3.8) is 0 Å². The first-order chi connectivity index (χ1) is 8.74. The van der Waals surface area contributed by atoms with Crippen LogP contribution in [0.3, 0.4) is 0 Å². The largest absolute Gasteiger partial charge is 0.482 e. The molecule has 0 spiro atoms. The number of methoxy groups -OCH3 is 1. The van der Waals surface area contributed by atoms with E-state index < -0.39 is 0 Å². The molecule has 0 aromatic heterocycles. The summed E-state index contributed by atoms with van der Waals surface area (Å²) in [5, 5.41) is 0. The van der Waals surface area contributed by atoms with Crippen molar-refractivity contribution in [3.05, 3.63) is 29.3 Å². The summed E-state index contributed by atoms with van der Waals surface area (Å²) < 4.78 is 10.1. The minimum atomic E-state index is -0.358. The Bertz CT molecular complexity index is 431. The van der Waals surface area contributed by atoms with Gasteiger partial charge in [0, 0.05) is 0 Å². The van der Waals surface area contributed by atoms with E-state index >= 15 is 0 Å². The Morgan fingerprint density at radius 1 is 1.50 bits per heavy atom. The number of fused-ring (bicyclic) bond motifs is 1. The van der Waals surface area contributed by atoms with E-state index in [4.69, 9.17) is 10.5 Å². The highest BCUT2D eigenvalue weighted by atomic mass is 16.6. The van der Waals surface area contributed by atoms with Crippen LogP contribution in [-0.4, -0.2) is 26.2 Å². The fraction of sp³-hybridized carbons (Fsp3) is 0.500. The molecule has 1 aromatic rings. The van der Waals surface area contributed by atoms with Gasteiger partial charge in [-0.05, 0) is 48.9 Å². The van der Waals surface area contributed by atoms with Crippen molar-refractivity contribution >= 4 is 5.97 Å². The fourth-order valence-corrected chi connectivity index (χ4v) is 2.38. The minimum Gasteiger partial charge on any atom is -0.482 e. The van der Waals surface area contributed by atoms with Gasteiger partial charge >= 0.3 is 5.97 Å². The van der Waals surface area contributed by atoms with Crippen molar-refractivity contribution < 1.29 is 14.3 Å². The van der Waals surface area contributed by atoms with Crippen molar-refractivity contribution in [2.75, 3.05) is 20.3 Å². The molecule has 1 aliphatic rings. The summed E-state index contributed by atoms with van der Waals surface area (Å²) in [6.07, 6.45) is 3.05. The van der Waals surface area contributed by atoms with Gasteiger partial charge in [0.05, 0.1) is 7.11 Å². The second-order valence-electron chi connectivity index (χ2n) is 4.60. The van der Waals surface area contributed by atoms with Crippen LogP contribution in [0.1, 0.15) is 17.5 Å². The average Bonchev–Trinajstić information content (AvgIpc) is 2.43. The van der Waals surface area contributed by atoms with E-state index in [2.05, 4.69) is 10.8 Å². The lowest BCUT2D eigenvalue weighted by molar-refractivity contribution is -0.142. The molecule has 0 saturated heterocycles. The molecule has 4 heteroatoms. The molecule has 0 fully saturated rings. The summed E-state index contributed by atoms with van der Waals surface area (Å²) in [5.74, 6) is 1.00. The molecule has 0 amide bonds. The maximum absolute atomic E-state index is 11.1. The summed E-state index contributed by atoms with van der Waals surface area (Å²) in [6, 6.07) is 5.98. The topological polar surface area (TPSA) is 61.5 Å². The number of nitrogens with two attached hydrogens (primary N) is 1. The van der Waals surface area contributed by atoms with Gasteiger partial charge in [-0.2, -0.15) is 0 Å². The minimum absolute atomic E-state index is 0.0345. The van der Waals surface area contributed by atoms with Crippen molar-refractivity contribution in [2.24, 2.45) is 11.7 Å². The van der Waals surface area contributed by atoms with Gasteiger partial charge in [0.1, 0.15) is 5.75 Å². The first-order valence-electron chi connectivity index (χ1n) is 6.25. The molecule has 2 rings (SSSR count). The van der Waals surface area contributed by atoms with Gasteiger partial charge in [0.2, 0.25) is 0 Å². The van der Waals surface area contributed by atoms with Crippen LogP contribution < -0.4 is 10.5 Å². The van der Waals surface area contributed by atoms with E-state index in [9.17, 15) is 4.79 Å². The van der Waals surface area contributed by atoms with Gasteiger partial charge in [-0.15, -0.1) is 0 Å². The molecule has 18 heavy (non-hydrogen) atoms. The predicted molar refractivity (Wildman–Crippen MR) is 68.5 cm³/mol. The number of hydrogen-bond acceptors (Lipinski definition) is 4. The standard InChI is InChI=1S/C14H19NO3/c1-17-14(16)9-18-13-4-2-3-11-7-10(8-15)5-6-12(11)13/h2-4,10H,5-9,15H2,1H3. The highest BCUT2D eigenvalue weighted by Gasteiger charge is 2.20. The maximum Gasteiger partial charge on any atom is 0.343 e. The summed E-state index contributed by atoms with van der Waals surface area (Å²) in [6.45, 7) is 0.694. The Morgan fingerprint density at radius 3 is 3.06 bits per heavy atom. The molecule has 4 nitrogen and oxygen atoms in total. The maximum atomic E-state index is 11.1. The first-order valence-corrected chi connectivity index (χ1v) is 6.25. The van der Waals surface area contributed by atoms with E-state index in [0.717, 1.165) is 31.6 Å². The Morgan fingerprint density at radius 2 is 2.33 bits per heavy atom. The second-order valence-corrected chi connectivity index (χ2v) is 4.60. The first kappa shape index (κ1) is 12.9. The Labute approximate surface area is 107 Å². The molecular formula is C14H19NO3. The molecular weight excluding hydrogens is 230 g/mol. The molecule has 1 atom stereocenters. The van der Waals surface area contributed by atoms with Crippen molar-refractivity contribution in [3.8, 4) is 5.75 Å². The summed E-state index contributed by atoms with van der Waals surface area (Å²) in [5.41, 5.74) is 8.23. The van der Waals surface area contributed by atoms with Crippen molar-refractivity contribution in [1.29, 1.82) is 0 Å². The molecule has 0 heterocycles. The summed E-state index contributed by atoms with van der Waals surface area (Å²) in [4.78, 5) is 11.1. The van der Waals surface area contributed by atoms with E-state index in [1.165, 1.54) is 18.2 Å². The zero-order valence-corrected chi connectivity index (χ0v) is 10.6. The third-order valence-electron chi connectivity index (χ3n) is 3.45. The van der Waals surface area contributed by atoms with Gasteiger partial charge in [0.15, 0.2) is 6.61 Å². The van der Waals surface area contributed by atoms with Crippen LogP contribution in [0.5, 0.6) is 5.75 Å². The lowest BCUT2D eigenvalue weighted by Crippen LogP contribution is -2.23. The van der Waals surface area contributed by atoms with Gasteiger partial charge in [-0.25, -0.2) is 4.79 Å². The van der Waals surface area contributed by atoms with Crippen LogP contribution >= 0.6 is 0 Å². The van der Waals surface area contributed by atoms with Crippen LogP contribution in [0.4, 0.5) is 0 Å². The lowest BCUT2D eigenvalue weighted by Gasteiger charge is -2.25. The smallest absolute Gasteiger partial charge is 0.343 e. The second kappa shape index (κ2) is 5.87. The number of benzene rings is 1. The number of rotatable bonds is 4. The Balaban J connectivity index is 2.11. The fourth-order valence-electron chi connectivity index (χ4n) is 2.38. The zero-order chi connectivity index (χ0) is 13.0. The van der Waals surface area contributed by atoms with Crippen molar-refractivity contribution in [1.82, 2.24) is 0 Å². The van der Waals surface area contributed by atoms with Crippen LogP contribution in [0.15, 0.2) is 18.2 Å². The quantitative estimate of drug-likeness (QED) is 0.817. The monoisotopic (exact) mass is 249 g/mol. The average molecular weight is 249 g/mol. The third-order valence-corrected chi connectivity index (χ3v) is 3.45. The van der Waals surface area contributed by atoms with E-state index in [-0.39, 0.29) is 12.6 Å². The van der Waals surface area contributed by atoms with Gasteiger partial charge in [0.25, 0.3) is 0 Å². The third kappa shape index (κ3) is 2.82. The summed E-state index contributed by atoms with van der Waals surface area (Å²) in [7, 11) is 1.36. The number of carbonyl (C=O) groups is 1. The molecule has 0 radical (unpaired) electrons. The zero-order valence-electron chi connectivity index (χ0n) is 10.6. The van der Waals surface area contributed by atoms with Gasteiger partial charge in [-0.1, -0.05) is 12.1 Å². The molecule has 98 valence electrons. The normalized spacial score (nSPS) is 18.0. The van der Waals surface area contributed by atoms with E-state index in [1.807, 2.05) is 12.1 Å². The number of ether oxygens (including phenoxy) is 2. The van der Waals surface area contributed by atoms with Crippen LogP contribution in [0.25, 0.3) is 0 Å².